The average Bonchev–Trinajstić information content (AvgIpc) is 2.17. The summed E-state index contributed by atoms with van der Waals surface area (Å²) in [6, 6.07) is 0. The van der Waals surface area contributed by atoms with Crippen molar-refractivity contribution in [3.8, 4) is 0 Å². The molecule has 1 aliphatic heterocycles. The van der Waals surface area contributed by atoms with Gasteiger partial charge in [0.1, 0.15) is 0 Å². The molecule has 1 aliphatic rings. The first kappa shape index (κ1) is 11.5. The van der Waals surface area contributed by atoms with Crippen LogP contribution in [0.1, 0.15) is 47.0 Å². The van der Waals surface area contributed by atoms with Crippen molar-refractivity contribution in [1.29, 1.82) is 0 Å². The lowest BCUT2D eigenvalue weighted by Gasteiger charge is -2.44. The number of carbonyl (C=O) groups is 1. The zero-order valence-corrected chi connectivity index (χ0v) is 9.97. The molecule has 1 saturated heterocycles. The van der Waals surface area contributed by atoms with Crippen LogP contribution in [0.25, 0.3) is 0 Å². The first-order chi connectivity index (χ1) is 6.52. The molecule has 1 fully saturated rings. The summed E-state index contributed by atoms with van der Waals surface area (Å²) in [4.78, 5) is 13.2. The molecule has 0 atom stereocenters. The van der Waals surface area contributed by atoms with Gasteiger partial charge in [0.15, 0.2) is 0 Å². The highest BCUT2D eigenvalue weighted by molar-refractivity contribution is 5.73. The van der Waals surface area contributed by atoms with Gasteiger partial charge in [-0.1, -0.05) is 27.2 Å². The molecule has 0 radical (unpaired) electrons. The molecule has 0 aromatic heterocycles. The van der Waals surface area contributed by atoms with E-state index < -0.39 is 0 Å². The molecule has 2 nitrogen and oxygen atoms in total. The summed E-state index contributed by atoms with van der Waals surface area (Å²) in [6.07, 6.45) is 3.61. The molecule has 0 aromatic rings. The van der Waals surface area contributed by atoms with Crippen molar-refractivity contribution in [2.24, 2.45) is 11.3 Å². The number of nitrogens with zero attached hydrogens (tertiary/aromatic N) is 1. The fourth-order valence-electron chi connectivity index (χ4n) is 2.61. The Morgan fingerprint density at radius 2 is 1.86 bits per heavy atom. The van der Waals surface area contributed by atoms with E-state index in [0.29, 0.717) is 5.41 Å². The second-order valence-electron chi connectivity index (χ2n) is 4.88. The predicted octanol–water partition coefficient (Wildman–Crippen LogP) is 2.68. The van der Waals surface area contributed by atoms with Gasteiger partial charge in [-0.2, -0.15) is 0 Å². The van der Waals surface area contributed by atoms with Gasteiger partial charge in [0.25, 0.3) is 0 Å². The number of hydrogen-bond acceptors (Lipinski definition) is 1. The van der Waals surface area contributed by atoms with Crippen molar-refractivity contribution in [3.63, 3.8) is 0 Å². The van der Waals surface area contributed by atoms with Crippen LogP contribution in [0.4, 0.5) is 0 Å². The quantitative estimate of drug-likeness (QED) is 0.666. The monoisotopic (exact) mass is 197 g/mol. The lowest BCUT2D eigenvalue weighted by molar-refractivity contribution is -0.131. The van der Waals surface area contributed by atoms with Crippen molar-refractivity contribution < 1.29 is 4.79 Å². The van der Waals surface area contributed by atoms with Crippen LogP contribution in [0.3, 0.4) is 0 Å². The van der Waals surface area contributed by atoms with Gasteiger partial charge in [-0.05, 0) is 24.2 Å². The molecular weight excluding hydrogens is 174 g/mol. The van der Waals surface area contributed by atoms with Gasteiger partial charge in [0.05, 0.1) is 0 Å². The highest BCUT2D eigenvalue weighted by Crippen LogP contribution is 2.41. The van der Waals surface area contributed by atoms with Crippen molar-refractivity contribution >= 4 is 5.91 Å². The van der Waals surface area contributed by atoms with Crippen LogP contribution in [-0.4, -0.2) is 23.9 Å². The molecule has 82 valence electrons. The molecule has 1 rings (SSSR count). The van der Waals surface area contributed by atoms with Crippen molar-refractivity contribution in [1.82, 2.24) is 4.90 Å². The lowest BCUT2D eigenvalue weighted by atomic mass is 9.68. The van der Waals surface area contributed by atoms with E-state index in [9.17, 15) is 4.79 Å². The maximum Gasteiger partial charge on any atom is 0.219 e. The van der Waals surface area contributed by atoms with Gasteiger partial charge in [-0.25, -0.2) is 0 Å². The Morgan fingerprint density at radius 1 is 1.36 bits per heavy atom. The minimum absolute atomic E-state index is 0.235. The Hall–Kier alpha value is -0.530. The molecule has 0 spiro atoms. The summed E-state index contributed by atoms with van der Waals surface area (Å²) < 4.78 is 0. The second-order valence-corrected chi connectivity index (χ2v) is 4.88. The van der Waals surface area contributed by atoms with Gasteiger partial charge in [-0.3, -0.25) is 4.79 Å². The minimum Gasteiger partial charge on any atom is -0.343 e. The summed E-state index contributed by atoms with van der Waals surface area (Å²) in [6.45, 7) is 10.5. The van der Waals surface area contributed by atoms with E-state index in [-0.39, 0.29) is 5.91 Å². The third-order valence-electron chi connectivity index (χ3n) is 4.13. The molecule has 14 heavy (non-hydrogen) atoms. The topological polar surface area (TPSA) is 20.3 Å². The normalized spacial score (nSPS) is 21.4. The highest BCUT2D eigenvalue weighted by Gasteiger charge is 2.35. The minimum atomic E-state index is 0.235. The maximum atomic E-state index is 11.2. The number of carbonyl (C=O) groups excluding carboxylic acids is 1. The van der Waals surface area contributed by atoms with E-state index in [1.807, 2.05) is 4.90 Å². The third-order valence-corrected chi connectivity index (χ3v) is 4.13. The van der Waals surface area contributed by atoms with E-state index in [0.717, 1.165) is 19.0 Å². The summed E-state index contributed by atoms with van der Waals surface area (Å²) in [5, 5.41) is 0. The van der Waals surface area contributed by atoms with Gasteiger partial charge in [0.2, 0.25) is 5.91 Å². The van der Waals surface area contributed by atoms with Crippen LogP contribution >= 0.6 is 0 Å². The number of rotatable bonds is 2. The maximum absolute atomic E-state index is 11.2. The first-order valence-electron chi connectivity index (χ1n) is 5.77. The summed E-state index contributed by atoms with van der Waals surface area (Å²) in [5.74, 6) is 0.972. The predicted molar refractivity (Wildman–Crippen MR) is 59.1 cm³/mol. The first-order valence-corrected chi connectivity index (χ1v) is 5.77. The van der Waals surface area contributed by atoms with Gasteiger partial charge >= 0.3 is 0 Å². The van der Waals surface area contributed by atoms with E-state index in [1.54, 1.807) is 6.92 Å². The summed E-state index contributed by atoms with van der Waals surface area (Å²) in [5.41, 5.74) is 0.492. The van der Waals surface area contributed by atoms with Gasteiger partial charge in [0, 0.05) is 20.0 Å². The number of hydrogen-bond donors (Lipinski definition) is 0. The smallest absolute Gasteiger partial charge is 0.219 e. The van der Waals surface area contributed by atoms with Crippen LogP contribution in [0.2, 0.25) is 0 Å². The molecule has 0 aliphatic carbocycles. The Morgan fingerprint density at radius 3 is 2.14 bits per heavy atom. The average molecular weight is 197 g/mol. The van der Waals surface area contributed by atoms with Crippen LogP contribution in [-0.2, 0) is 4.79 Å². The Kier molecular flexibility index (Phi) is 3.57. The van der Waals surface area contributed by atoms with E-state index in [1.165, 1.54) is 19.3 Å². The summed E-state index contributed by atoms with van der Waals surface area (Å²) >= 11 is 0. The van der Waals surface area contributed by atoms with Gasteiger partial charge < -0.3 is 4.90 Å². The number of amides is 1. The fourth-order valence-corrected chi connectivity index (χ4v) is 2.61. The zero-order valence-electron chi connectivity index (χ0n) is 9.97. The van der Waals surface area contributed by atoms with E-state index in [4.69, 9.17) is 0 Å². The lowest BCUT2D eigenvalue weighted by Crippen LogP contribution is -2.44. The van der Waals surface area contributed by atoms with Crippen molar-refractivity contribution in [3.05, 3.63) is 0 Å². The highest BCUT2D eigenvalue weighted by atomic mass is 16.2. The van der Waals surface area contributed by atoms with Crippen LogP contribution in [0.15, 0.2) is 0 Å². The molecule has 0 unspecified atom stereocenters. The zero-order chi connectivity index (χ0) is 10.8. The second kappa shape index (κ2) is 4.33. The van der Waals surface area contributed by atoms with Crippen LogP contribution in [0.5, 0.6) is 0 Å². The molecule has 1 heterocycles. The molecule has 0 saturated carbocycles. The van der Waals surface area contributed by atoms with Crippen LogP contribution in [0, 0.1) is 11.3 Å². The molecule has 2 heteroatoms. The Balaban J connectivity index is 2.59. The van der Waals surface area contributed by atoms with Crippen molar-refractivity contribution in [2.75, 3.05) is 13.1 Å². The SMILES string of the molecule is CCC1(C(C)C)CCN(C(C)=O)CC1. The van der Waals surface area contributed by atoms with E-state index >= 15 is 0 Å². The summed E-state index contributed by atoms with van der Waals surface area (Å²) in [7, 11) is 0. The largest absolute Gasteiger partial charge is 0.343 e. The van der Waals surface area contributed by atoms with Crippen LogP contribution < -0.4 is 0 Å². The number of piperidine rings is 1. The number of likely N-dealkylation sites (tertiary alicyclic amines) is 1. The molecule has 0 N–H and O–H groups in total. The standard InChI is InChI=1S/C12H23NO/c1-5-12(10(2)3)6-8-13(9-7-12)11(4)14/h10H,5-9H2,1-4H3. The third kappa shape index (κ3) is 2.10. The molecule has 1 amide bonds. The van der Waals surface area contributed by atoms with Gasteiger partial charge in [-0.15, -0.1) is 0 Å². The fraction of sp³-hybridized carbons (Fsp3) is 0.917. The Bertz CT molecular complexity index is 202. The molecule has 0 aromatic carbocycles. The Labute approximate surface area is 87.7 Å². The van der Waals surface area contributed by atoms with Crippen molar-refractivity contribution in [2.45, 2.75) is 47.0 Å². The molecule has 0 bridgehead atoms. The molecular formula is C12H23NO. The van der Waals surface area contributed by atoms with E-state index in [2.05, 4.69) is 20.8 Å².